The largest absolute Gasteiger partial charge is 0.516 e. The summed E-state index contributed by atoms with van der Waals surface area (Å²) in [6.45, 7) is 6.63. The molecular weight excluding hydrogens is 258 g/mol. The van der Waals surface area contributed by atoms with E-state index in [1.165, 1.54) is 0 Å². The van der Waals surface area contributed by atoms with Crippen LogP contribution < -0.4 is 5.73 Å². The Morgan fingerprint density at radius 2 is 1.70 bits per heavy atom. The van der Waals surface area contributed by atoms with Crippen molar-refractivity contribution in [1.29, 1.82) is 0 Å². The van der Waals surface area contributed by atoms with E-state index >= 15 is 0 Å². The van der Waals surface area contributed by atoms with Crippen LogP contribution in [0.2, 0.25) is 0 Å². The van der Waals surface area contributed by atoms with Crippen molar-refractivity contribution in [2.45, 2.75) is 33.3 Å². The van der Waals surface area contributed by atoms with Crippen molar-refractivity contribution in [2.75, 3.05) is 5.73 Å². The molecule has 0 radical (unpaired) electrons. The Labute approximate surface area is 118 Å². The molecule has 0 atom stereocenters. The first kappa shape index (κ1) is 15.8. The predicted molar refractivity (Wildman–Crippen MR) is 76.8 cm³/mol. The second kappa shape index (κ2) is 6.23. The van der Waals surface area contributed by atoms with Crippen LogP contribution in [0.3, 0.4) is 0 Å². The highest BCUT2D eigenvalue weighted by Gasteiger charge is 2.20. The van der Waals surface area contributed by atoms with Crippen molar-refractivity contribution in [3.05, 3.63) is 35.4 Å². The molecule has 0 bridgehead atoms. The molecule has 108 valence electrons. The molecule has 1 aromatic carbocycles. The van der Waals surface area contributed by atoms with Gasteiger partial charge in [-0.25, -0.2) is 9.59 Å². The molecule has 0 saturated heterocycles. The third kappa shape index (κ3) is 5.56. The van der Waals surface area contributed by atoms with E-state index in [0.717, 1.165) is 5.56 Å². The first-order valence-electron chi connectivity index (χ1n) is 6.16. The number of benzene rings is 1. The van der Waals surface area contributed by atoms with Crippen LogP contribution in [0.25, 0.3) is 6.08 Å². The fourth-order valence-corrected chi connectivity index (χ4v) is 1.33. The van der Waals surface area contributed by atoms with E-state index < -0.39 is 17.7 Å². The number of hydrogen-bond donors (Lipinski definition) is 1. The Kier molecular flexibility index (Phi) is 4.91. The monoisotopic (exact) mass is 277 g/mol. The highest BCUT2D eigenvalue weighted by Crippen LogP contribution is 2.12. The normalized spacial score (nSPS) is 11.9. The third-order valence-electron chi connectivity index (χ3n) is 2.21. The molecule has 0 aliphatic carbocycles. The highest BCUT2D eigenvalue weighted by molar-refractivity contribution is 5.97. The van der Waals surface area contributed by atoms with Crippen molar-refractivity contribution in [3.63, 3.8) is 0 Å². The van der Waals surface area contributed by atoms with Crippen LogP contribution in [0.4, 0.5) is 10.5 Å². The summed E-state index contributed by atoms with van der Waals surface area (Å²) in [6, 6.07) is 6.97. The number of esters is 1. The molecule has 0 heterocycles. The number of ether oxygens (including phenoxy) is 2. The van der Waals surface area contributed by atoms with Crippen molar-refractivity contribution in [3.8, 4) is 0 Å². The van der Waals surface area contributed by atoms with Crippen LogP contribution >= 0.6 is 0 Å². The van der Waals surface area contributed by atoms with Gasteiger partial charge in [0.25, 0.3) is 0 Å². The maximum atomic E-state index is 11.7. The zero-order chi connectivity index (χ0) is 15.3. The molecule has 5 nitrogen and oxygen atoms in total. The summed E-state index contributed by atoms with van der Waals surface area (Å²) in [4.78, 5) is 23.1. The Balaban J connectivity index is 2.67. The standard InChI is InChI=1S/C15H19NO4/c1-10(9-11-5-7-12(16)8-6-11)13(17)19-14(18)20-15(2,3)4/h5-9H,16H2,1-4H3. The number of hydrogen-bond acceptors (Lipinski definition) is 5. The van der Waals surface area contributed by atoms with Crippen LogP contribution in [0.15, 0.2) is 29.8 Å². The second-order valence-electron chi connectivity index (χ2n) is 5.35. The molecule has 0 unspecified atom stereocenters. The molecule has 0 amide bonds. The third-order valence-corrected chi connectivity index (χ3v) is 2.21. The van der Waals surface area contributed by atoms with Crippen LogP contribution in [-0.4, -0.2) is 17.7 Å². The first-order chi connectivity index (χ1) is 9.17. The number of carbonyl (C=O) groups excluding carboxylic acids is 2. The van der Waals surface area contributed by atoms with Gasteiger partial charge in [0.1, 0.15) is 5.60 Å². The predicted octanol–water partition coefficient (Wildman–Crippen LogP) is 3.15. The molecule has 0 aliphatic rings. The summed E-state index contributed by atoms with van der Waals surface area (Å²) in [5, 5.41) is 0. The summed E-state index contributed by atoms with van der Waals surface area (Å²) in [5.41, 5.74) is 6.58. The lowest BCUT2D eigenvalue weighted by Crippen LogP contribution is -2.26. The van der Waals surface area contributed by atoms with Gasteiger partial charge in [-0.05, 0) is 51.5 Å². The number of nitrogens with two attached hydrogens (primary N) is 1. The van der Waals surface area contributed by atoms with Gasteiger partial charge in [0.2, 0.25) is 0 Å². The smallest absolute Gasteiger partial charge is 0.428 e. The van der Waals surface area contributed by atoms with Crippen LogP contribution in [-0.2, 0) is 14.3 Å². The zero-order valence-corrected chi connectivity index (χ0v) is 12.1. The van der Waals surface area contributed by atoms with Gasteiger partial charge in [-0.3, -0.25) is 0 Å². The van der Waals surface area contributed by atoms with Gasteiger partial charge in [0.05, 0.1) is 0 Å². The highest BCUT2D eigenvalue weighted by atomic mass is 16.7. The number of rotatable bonds is 2. The quantitative estimate of drug-likeness (QED) is 0.389. The first-order valence-corrected chi connectivity index (χ1v) is 6.16. The molecule has 1 rings (SSSR count). The minimum atomic E-state index is -1.01. The number of anilines is 1. The molecule has 20 heavy (non-hydrogen) atoms. The van der Waals surface area contributed by atoms with E-state index in [1.807, 2.05) is 0 Å². The van der Waals surface area contributed by atoms with Crippen LogP contribution in [0, 0.1) is 0 Å². The molecule has 1 aromatic rings. The van der Waals surface area contributed by atoms with Gasteiger partial charge >= 0.3 is 12.1 Å². The van der Waals surface area contributed by atoms with Crippen molar-refractivity contribution in [2.24, 2.45) is 0 Å². The van der Waals surface area contributed by atoms with Crippen LogP contribution in [0.5, 0.6) is 0 Å². The minimum absolute atomic E-state index is 0.292. The van der Waals surface area contributed by atoms with Gasteiger partial charge in [-0.15, -0.1) is 0 Å². The zero-order valence-electron chi connectivity index (χ0n) is 12.1. The number of nitrogen functional groups attached to an aromatic ring is 1. The summed E-state index contributed by atoms with van der Waals surface area (Å²) < 4.78 is 9.49. The maximum absolute atomic E-state index is 11.7. The second-order valence-corrected chi connectivity index (χ2v) is 5.35. The van der Waals surface area contributed by atoms with E-state index in [2.05, 4.69) is 4.74 Å². The van der Waals surface area contributed by atoms with Crippen molar-refractivity contribution >= 4 is 23.9 Å². The van der Waals surface area contributed by atoms with Gasteiger partial charge < -0.3 is 15.2 Å². The molecule has 0 aliphatic heterocycles. The lowest BCUT2D eigenvalue weighted by Gasteiger charge is -2.18. The van der Waals surface area contributed by atoms with Crippen LogP contribution in [0.1, 0.15) is 33.3 Å². The fraction of sp³-hybridized carbons (Fsp3) is 0.333. The van der Waals surface area contributed by atoms with E-state index in [4.69, 9.17) is 10.5 Å². The molecule has 0 fully saturated rings. The molecule has 0 aromatic heterocycles. The molecular formula is C15H19NO4. The Bertz CT molecular complexity index is 524. The lowest BCUT2D eigenvalue weighted by molar-refractivity contribution is -0.136. The van der Waals surface area contributed by atoms with E-state index in [0.29, 0.717) is 11.3 Å². The van der Waals surface area contributed by atoms with Gasteiger partial charge in [-0.1, -0.05) is 12.1 Å². The Hall–Kier alpha value is -2.30. The van der Waals surface area contributed by atoms with Gasteiger partial charge in [0, 0.05) is 11.3 Å². The summed E-state index contributed by atoms with van der Waals surface area (Å²) >= 11 is 0. The lowest BCUT2D eigenvalue weighted by atomic mass is 10.1. The topological polar surface area (TPSA) is 78.6 Å². The van der Waals surface area contributed by atoms with Crippen molar-refractivity contribution in [1.82, 2.24) is 0 Å². The van der Waals surface area contributed by atoms with E-state index in [-0.39, 0.29) is 0 Å². The van der Waals surface area contributed by atoms with Gasteiger partial charge in [-0.2, -0.15) is 0 Å². The SMILES string of the molecule is CC(=Cc1ccc(N)cc1)C(=O)OC(=O)OC(C)(C)C. The summed E-state index contributed by atoms with van der Waals surface area (Å²) in [7, 11) is 0. The maximum Gasteiger partial charge on any atom is 0.516 e. The van der Waals surface area contributed by atoms with E-state index in [1.54, 1.807) is 58.0 Å². The summed E-state index contributed by atoms with van der Waals surface area (Å²) in [5.74, 6) is -0.740. The summed E-state index contributed by atoms with van der Waals surface area (Å²) in [6.07, 6.45) is 0.596. The molecule has 0 spiro atoms. The average Bonchev–Trinajstić information content (AvgIpc) is 2.29. The van der Waals surface area contributed by atoms with E-state index in [9.17, 15) is 9.59 Å². The minimum Gasteiger partial charge on any atom is -0.428 e. The molecule has 2 N–H and O–H groups in total. The average molecular weight is 277 g/mol. The Morgan fingerprint density at radius 3 is 2.20 bits per heavy atom. The van der Waals surface area contributed by atoms with Gasteiger partial charge in [0.15, 0.2) is 0 Å². The molecule has 0 saturated carbocycles. The Morgan fingerprint density at radius 1 is 1.15 bits per heavy atom. The van der Waals surface area contributed by atoms with Crippen molar-refractivity contribution < 1.29 is 19.1 Å². The number of carbonyl (C=O) groups is 2. The fourth-order valence-electron chi connectivity index (χ4n) is 1.33. The molecule has 5 heteroatoms.